The van der Waals surface area contributed by atoms with Crippen LogP contribution in [0.2, 0.25) is 0 Å². The van der Waals surface area contributed by atoms with Gasteiger partial charge in [-0.2, -0.15) is 0 Å². The normalized spacial score (nSPS) is 21.4. The molecule has 5 rings (SSSR count). The third kappa shape index (κ3) is 4.57. The number of ether oxygens (including phenoxy) is 3. The number of hydrogen-bond acceptors (Lipinski definition) is 4. The minimum Gasteiger partial charge on any atom is -0.448 e. The fraction of sp³-hybridized carbons (Fsp3) is 0.464. The Kier molecular flexibility index (Phi) is 6.79. The Bertz CT molecular complexity index is 971. The van der Waals surface area contributed by atoms with Crippen molar-refractivity contribution in [3.05, 3.63) is 71.3 Å². The van der Waals surface area contributed by atoms with E-state index in [0.29, 0.717) is 26.4 Å². The summed E-state index contributed by atoms with van der Waals surface area (Å²) in [6.45, 7) is 2.34. The Labute approximate surface area is 196 Å². The standard InChI is InChI=1S/C28H33NO4/c1-31-15-16-32-14-13-20-17-21-7-6-8-22(18-20)29(21)28(30)33-19-27-25-11-4-2-9-23(25)24-10-3-5-12-26(24)27/h2-5,9-12,17,21-22,27H,6-8,13-16,18-19H2,1H3. The Balaban J connectivity index is 1.24. The van der Waals surface area contributed by atoms with Crippen molar-refractivity contribution in [1.29, 1.82) is 0 Å². The molecule has 2 bridgehead atoms. The zero-order valence-electron chi connectivity index (χ0n) is 19.4. The molecule has 1 saturated heterocycles. The molecular weight excluding hydrogens is 414 g/mol. The first-order chi connectivity index (χ1) is 16.3. The van der Waals surface area contributed by atoms with E-state index in [2.05, 4.69) is 54.6 Å². The van der Waals surface area contributed by atoms with E-state index in [-0.39, 0.29) is 24.1 Å². The molecule has 3 aliphatic rings. The highest BCUT2D eigenvalue weighted by Gasteiger charge is 2.38. The minimum atomic E-state index is -0.168. The van der Waals surface area contributed by atoms with E-state index in [4.69, 9.17) is 14.2 Å². The van der Waals surface area contributed by atoms with Crippen LogP contribution in [-0.4, -0.2) is 56.6 Å². The molecule has 0 aromatic heterocycles. The maximum atomic E-state index is 13.3. The van der Waals surface area contributed by atoms with Crippen molar-refractivity contribution in [3.8, 4) is 11.1 Å². The maximum Gasteiger partial charge on any atom is 0.410 e. The molecule has 0 saturated carbocycles. The predicted molar refractivity (Wildman–Crippen MR) is 128 cm³/mol. The molecule has 0 spiro atoms. The second-order valence-electron chi connectivity index (χ2n) is 9.25. The Morgan fingerprint density at radius 2 is 1.70 bits per heavy atom. The molecule has 2 heterocycles. The van der Waals surface area contributed by atoms with Crippen molar-refractivity contribution in [1.82, 2.24) is 4.90 Å². The number of hydrogen-bond donors (Lipinski definition) is 0. The number of amides is 1. The van der Waals surface area contributed by atoms with Gasteiger partial charge >= 0.3 is 6.09 Å². The van der Waals surface area contributed by atoms with Crippen LogP contribution in [0.4, 0.5) is 4.79 Å². The van der Waals surface area contributed by atoms with E-state index >= 15 is 0 Å². The minimum absolute atomic E-state index is 0.0985. The van der Waals surface area contributed by atoms with Gasteiger partial charge in [-0.25, -0.2) is 4.79 Å². The summed E-state index contributed by atoms with van der Waals surface area (Å²) in [7, 11) is 1.69. The van der Waals surface area contributed by atoms with Gasteiger partial charge in [-0.05, 0) is 54.4 Å². The van der Waals surface area contributed by atoms with Crippen LogP contribution in [0.3, 0.4) is 0 Å². The van der Waals surface area contributed by atoms with E-state index in [1.807, 2.05) is 4.90 Å². The Morgan fingerprint density at radius 3 is 2.39 bits per heavy atom. The van der Waals surface area contributed by atoms with Crippen LogP contribution in [0.15, 0.2) is 60.2 Å². The first-order valence-electron chi connectivity index (χ1n) is 12.2. The summed E-state index contributed by atoms with van der Waals surface area (Å²) >= 11 is 0. The number of carbonyl (C=O) groups is 1. The van der Waals surface area contributed by atoms with Crippen molar-refractivity contribution >= 4 is 6.09 Å². The van der Waals surface area contributed by atoms with Gasteiger partial charge in [-0.1, -0.05) is 60.2 Å². The van der Waals surface area contributed by atoms with Crippen molar-refractivity contribution in [3.63, 3.8) is 0 Å². The first-order valence-corrected chi connectivity index (χ1v) is 12.2. The lowest BCUT2D eigenvalue weighted by atomic mass is 9.84. The number of carbonyl (C=O) groups excluding carboxylic acids is 1. The van der Waals surface area contributed by atoms with Gasteiger partial charge in [0.05, 0.1) is 25.9 Å². The lowest BCUT2D eigenvalue weighted by molar-refractivity contribution is 0.0484. The SMILES string of the molecule is COCCOCCC1=CC2CCCC(C1)N2C(=O)OCC1c2ccccc2-c2ccccc21. The van der Waals surface area contributed by atoms with Gasteiger partial charge in [0.1, 0.15) is 6.61 Å². The number of nitrogens with zero attached hydrogens (tertiary/aromatic N) is 1. The van der Waals surface area contributed by atoms with Crippen LogP contribution < -0.4 is 0 Å². The third-order valence-electron chi connectivity index (χ3n) is 7.26. The monoisotopic (exact) mass is 447 g/mol. The molecule has 5 nitrogen and oxygen atoms in total. The van der Waals surface area contributed by atoms with Crippen molar-refractivity contribution in [2.75, 3.05) is 33.5 Å². The molecule has 1 amide bonds. The average Bonchev–Trinajstić information content (AvgIpc) is 3.15. The lowest BCUT2D eigenvalue weighted by Crippen LogP contribution is -2.52. The van der Waals surface area contributed by atoms with Crippen LogP contribution in [-0.2, 0) is 14.2 Å². The molecule has 33 heavy (non-hydrogen) atoms. The van der Waals surface area contributed by atoms with E-state index < -0.39 is 0 Å². The number of piperidine rings is 1. The summed E-state index contributed by atoms with van der Waals surface area (Å²) in [5, 5.41) is 0. The number of benzene rings is 2. The summed E-state index contributed by atoms with van der Waals surface area (Å²) in [5.41, 5.74) is 6.42. The Hall–Kier alpha value is -2.63. The summed E-state index contributed by atoms with van der Waals surface area (Å²) < 4.78 is 16.7. The summed E-state index contributed by atoms with van der Waals surface area (Å²) in [4.78, 5) is 15.3. The summed E-state index contributed by atoms with van der Waals surface area (Å²) in [5.74, 6) is 0.0985. The number of methoxy groups -OCH3 is 1. The zero-order valence-corrected chi connectivity index (χ0v) is 19.4. The van der Waals surface area contributed by atoms with Crippen molar-refractivity contribution in [2.45, 2.75) is 50.1 Å². The van der Waals surface area contributed by atoms with Crippen LogP contribution in [0.1, 0.15) is 49.1 Å². The second kappa shape index (κ2) is 10.1. The van der Waals surface area contributed by atoms with Crippen LogP contribution >= 0.6 is 0 Å². The molecule has 2 unspecified atom stereocenters. The van der Waals surface area contributed by atoms with E-state index in [9.17, 15) is 4.79 Å². The van der Waals surface area contributed by atoms with Crippen molar-refractivity contribution < 1.29 is 19.0 Å². The highest BCUT2D eigenvalue weighted by Crippen LogP contribution is 2.44. The quantitative estimate of drug-likeness (QED) is 0.394. The van der Waals surface area contributed by atoms with Gasteiger partial charge in [-0.15, -0.1) is 0 Å². The van der Waals surface area contributed by atoms with Gasteiger partial charge in [0.2, 0.25) is 0 Å². The lowest BCUT2D eigenvalue weighted by Gasteiger charge is -2.44. The van der Waals surface area contributed by atoms with Gasteiger partial charge in [0.15, 0.2) is 0 Å². The van der Waals surface area contributed by atoms with E-state index in [0.717, 1.165) is 32.1 Å². The molecule has 2 aromatic carbocycles. The second-order valence-corrected chi connectivity index (χ2v) is 9.25. The molecule has 1 fully saturated rings. The average molecular weight is 448 g/mol. The molecule has 2 aromatic rings. The molecule has 2 atom stereocenters. The first kappa shape index (κ1) is 22.2. The van der Waals surface area contributed by atoms with Crippen molar-refractivity contribution in [2.24, 2.45) is 0 Å². The molecule has 0 N–H and O–H groups in total. The number of rotatable bonds is 8. The summed E-state index contributed by atoms with van der Waals surface area (Å²) in [6, 6.07) is 17.3. The van der Waals surface area contributed by atoms with Gasteiger partial charge < -0.3 is 14.2 Å². The topological polar surface area (TPSA) is 48.0 Å². The van der Waals surface area contributed by atoms with E-state index in [1.54, 1.807) is 7.11 Å². The largest absolute Gasteiger partial charge is 0.448 e. The highest BCUT2D eigenvalue weighted by atomic mass is 16.6. The van der Waals surface area contributed by atoms with E-state index in [1.165, 1.54) is 27.8 Å². The Morgan fingerprint density at radius 1 is 0.970 bits per heavy atom. The number of fused-ring (bicyclic) bond motifs is 5. The molecule has 5 heteroatoms. The van der Waals surface area contributed by atoms with Gasteiger partial charge in [0.25, 0.3) is 0 Å². The molecule has 2 aliphatic heterocycles. The van der Waals surface area contributed by atoms with Crippen LogP contribution in [0, 0.1) is 0 Å². The molecule has 1 aliphatic carbocycles. The van der Waals surface area contributed by atoms with Crippen LogP contribution in [0.25, 0.3) is 11.1 Å². The third-order valence-corrected chi connectivity index (χ3v) is 7.26. The fourth-order valence-corrected chi connectivity index (χ4v) is 5.70. The van der Waals surface area contributed by atoms with Gasteiger partial charge in [-0.3, -0.25) is 4.90 Å². The predicted octanol–water partition coefficient (Wildman–Crippen LogP) is 5.54. The summed E-state index contributed by atoms with van der Waals surface area (Å²) in [6.07, 6.45) is 7.19. The maximum absolute atomic E-state index is 13.3. The molecule has 174 valence electrons. The van der Waals surface area contributed by atoms with Crippen LogP contribution in [0.5, 0.6) is 0 Å². The highest BCUT2D eigenvalue weighted by molar-refractivity contribution is 5.79. The smallest absolute Gasteiger partial charge is 0.410 e. The van der Waals surface area contributed by atoms with Gasteiger partial charge in [0, 0.05) is 19.1 Å². The fourth-order valence-electron chi connectivity index (χ4n) is 5.70. The molecule has 0 radical (unpaired) electrons. The molecular formula is C28H33NO4. The zero-order chi connectivity index (χ0) is 22.6.